The first-order valence-electron chi connectivity index (χ1n) is 10.4. The minimum Gasteiger partial charge on any atom is -0.487 e. The standard InChI is InChI=1S/C23H26ClN5O2/c1-3-27(2)20-8-10-28(15-20)22-7-6-19(14-26-22)29-11-9-21(12-23(29)30)31-16-18-5-4-17(24)13-25-18/h4-7,9,11-14,20H,3,8,10,15-16H2,1-2H3. The summed E-state index contributed by atoms with van der Waals surface area (Å²) in [5, 5.41) is 0.573. The molecule has 0 radical (unpaired) electrons. The van der Waals surface area contributed by atoms with E-state index in [2.05, 4.69) is 33.7 Å². The maximum Gasteiger partial charge on any atom is 0.258 e. The molecule has 1 fully saturated rings. The van der Waals surface area contributed by atoms with E-state index in [1.54, 1.807) is 41.4 Å². The van der Waals surface area contributed by atoms with Gasteiger partial charge in [-0.15, -0.1) is 0 Å². The number of hydrogen-bond acceptors (Lipinski definition) is 6. The smallest absolute Gasteiger partial charge is 0.258 e. The summed E-state index contributed by atoms with van der Waals surface area (Å²) in [6.07, 6.45) is 6.15. The van der Waals surface area contributed by atoms with E-state index in [1.165, 1.54) is 6.07 Å². The van der Waals surface area contributed by atoms with Gasteiger partial charge in [0.2, 0.25) is 0 Å². The molecule has 1 atom stereocenters. The van der Waals surface area contributed by atoms with Crippen molar-refractivity contribution >= 4 is 17.4 Å². The molecule has 31 heavy (non-hydrogen) atoms. The van der Waals surface area contributed by atoms with E-state index < -0.39 is 0 Å². The Hall–Kier alpha value is -2.90. The van der Waals surface area contributed by atoms with Gasteiger partial charge in [-0.05, 0) is 50.3 Å². The summed E-state index contributed by atoms with van der Waals surface area (Å²) in [7, 11) is 2.16. The number of aromatic nitrogens is 3. The largest absolute Gasteiger partial charge is 0.487 e. The molecule has 7 nitrogen and oxygen atoms in total. The molecule has 0 bridgehead atoms. The second-order valence-electron chi connectivity index (χ2n) is 7.66. The molecule has 3 aromatic heterocycles. The van der Waals surface area contributed by atoms with Gasteiger partial charge in [0.25, 0.3) is 5.56 Å². The number of rotatable bonds is 7. The zero-order chi connectivity index (χ0) is 21.8. The van der Waals surface area contributed by atoms with Gasteiger partial charge in [0.15, 0.2) is 0 Å². The van der Waals surface area contributed by atoms with E-state index in [4.69, 9.17) is 16.3 Å². The predicted molar refractivity (Wildman–Crippen MR) is 122 cm³/mol. The summed E-state index contributed by atoms with van der Waals surface area (Å²) in [6.45, 7) is 5.46. The second kappa shape index (κ2) is 9.49. The number of likely N-dealkylation sites (N-methyl/N-ethyl adjacent to an activating group) is 1. The number of halogens is 1. The molecule has 0 aliphatic carbocycles. The average Bonchev–Trinajstić information content (AvgIpc) is 3.29. The van der Waals surface area contributed by atoms with E-state index in [9.17, 15) is 4.79 Å². The van der Waals surface area contributed by atoms with Crippen LogP contribution < -0.4 is 15.2 Å². The van der Waals surface area contributed by atoms with Crippen LogP contribution in [0.4, 0.5) is 5.82 Å². The van der Waals surface area contributed by atoms with Crippen LogP contribution in [-0.2, 0) is 6.61 Å². The summed E-state index contributed by atoms with van der Waals surface area (Å²) in [5.41, 5.74) is 1.28. The monoisotopic (exact) mass is 439 g/mol. The summed E-state index contributed by atoms with van der Waals surface area (Å²) in [6, 6.07) is 11.2. The lowest BCUT2D eigenvalue weighted by Gasteiger charge is -2.23. The number of hydrogen-bond donors (Lipinski definition) is 0. The highest BCUT2D eigenvalue weighted by Gasteiger charge is 2.25. The third-order valence-electron chi connectivity index (χ3n) is 5.69. The van der Waals surface area contributed by atoms with Crippen LogP contribution in [0, 0.1) is 0 Å². The van der Waals surface area contributed by atoms with Crippen molar-refractivity contribution in [3.63, 3.8) is 0 Å². The van der Waals surface area contributed by atoms with E-state index in [-0.39, 0.29) is 12.2 Å². The molecule has 4 heterocycles. The van der Waals surface area contributed by atoms with Crippen molar-refractivity contribution in [2.24, 2.45) is 0 Å². The van der Waals surface area contributed by atoms with Crippen molar-refractivity contribution in [1.82, 2.24) is 19.4 Å². The fraction of sp³-hybridized carbons (Fsp3) is 0.348. The highest BCUT2D eigenvalue weighted by Crippen LogP contribution is 2.21. The highest BCUT2D eigenvalue weighted by atomic mass is 35.5. The molecular formula is C23H26ClN5O2. The first kappa shape index (κ1) is 21.3. The van der Waals surface area contributed by atoms with Gasteiger partial charge < -0.3 is 14.5 Å². The molecule has 0 aromatic carbocycles. The lowest BCUT2D eigenvalue weighted by Crippen LogP contribution is -2.34. The fourth-order valence-corrected chi connectivity index (χ4v) is 3.80. The van der Waals surface area contributed by atoms with Crippen LogP contribution in [0.25, 0.3) is 5.69 Å². The number of nitrogens with zero attached hydrogens (tertiary/aromatic N) is 5. The van der Waals surface area contributed by atoms with Crippen LogP contribution >= 0.6 is 11.6 Å². The van der Waals surface area contributed by atoms with Crippen molar-refractivity contribution in [2.75, 3.05) is 31.6 Å². The van der Waals surface area contributed by atoms with Crippen molar-refractivity contribution in [1.29, 1.82) is 0 Å². The van der Waals surface area contributed by atoms with Crippen molar-refractivity contribution in [3.05, 3.63) is 76.1 Å². The van der Waals surface area contributed by atoms with Gasteiger partial charge in [0, 0.05) is 37.6 Å². The van der Waals surface area contributed by atoms with Crippen LogP contribution in [-0.4, -0.2) is 52.2 Å². The third kappa shape index (κ3) is 5.06. The Labute approximate surface area is 186 Å². The van der Waals surface area contributed by atoms with Crippen LogP contribution in [0.15, 0.2) is 59.8 Å². The minimum absolute atomic E-state index is 0.179. The topological polar surface area (TPSA) is 63.5 Å². The first-order chi connectivity index (χ1) is 15.0. The molecule has 3 aromatic rings. The molecule has 0 amide bonds. The van der Waals surface area contributed by atoms with Gasteiger partial charge >= 0.3 is 0 Å². The Bertz CT molecular complexity index is 1070. The Kier molecular flexibility index (Phi) is 6.53. The molecule has 0 N–H and O–H groups in total. The molecule has 8 heteroatoms. The van der Waals surface area contributed by atoms with E-state index in [0.717, 1.165) is 43.3 Å². The number of pyridine rings is 3. The summed E-state index contributed by atoms with van der Waals surface area (Å²) >= 11 is 5.84. The lowest BCUT2D eigenvalue weighted by molar-refractivity contribution is 0.272. The molecule has 1 unspecified atom stereocenters. The van der Waals surface area contributed by atoms with Gasteiger partial charge in [-0.2, -0.15) is 0 Å². The summed E-state index contributed by atoms with van der Waals surface area (Å²) < 4.78 is 7.24. The lowest BCUT2D eigenvalue weighted by atomic mass is 10.2. The zero-order valence-electron chi connectivity index (χ0n) is 17.7. The number of anilines is 1. The summed E-state index contributed by atoms with van der Waals surface area (Å²) in [4.78, 5) is 26.1. The van der Waals surface area contributed by atoms with E-state index in [0.29, 0.717) is 16.8 Å². The summed E-state index contributed by atoms with van der Waals surface area (Å²) in [5.74, 6) is 1.44. The van der Waals surface area contributed by atoms with Gasteiger partial charge in [0.1, 0.15) is 18.2 Å². The van der Waals surface area contributed by atoms with Gasteiger partial charge in [-0.3, -0.25) is 14.3 Å². The maximum atomic E-state index is 12.6. The van der Waals surface area contributed by atoms with Crippen LogP contribution in [0.5, 0.6) is 5.75 Å². The van der Waals surface area contributed by atoms with Crippen LogP contribution in [0.3, 0.4) is 0 Å². The fourth-order valence-electron chi connectivity index (χ4n) is 3.69. The predicted octanol–water partition coefficient (Wildman–Crippen LogP) is 3.39. The zero-order valence-corrected chi connectivity index (χ0v) is 18.5. The Morgan fingerprint density at radius 3 is 2.74 bits per heavy atom. The number of ether oxygens (including phenoxy) is 1. The third-order valence-corrected chi connectivity index (χ3v) is 5.91. The second-order valence-corrected chi connectivity index (χ2v) is 8.10. The van der Waals surface area contributed by atoms with Crippen molar-refractivity contribution in [3.8, 4) is 11.4 Å². The molecule has 162 valence electrons. The highest BCUT2D eigenvalue weighted by molar-refractivity contribution is 6.30. The van der Waals surface area contributed by atoms with Gasteiger partial charge in [0.05, 0.1) is 22.6 Å². The Morgan fingerprint density at radius 2 is 2.06 bits per heavy atom. The maximum absolute atomic E-state index is 12.6. The van der Waals surface area contributed by atoms with Crippen LogP contribution in [0.1, 0.15) is 19.0 Å². The SMILES string of the molecule is CCN(C)C1CCN(c2ccc(-n3ccc(OCc4ccc(Cl)cn4)cc3=O)cn2)C1. The van der Waals surface area contributed by atoms with Crippen LogP contribution in [0.2, 0.25) is 5.02 Å². The van der Waals surface area contributed by atoms with Gasteiger partial charge in [-0.25, -0.2) is 4.98 Å². The van der Waals surface area contributed by atoms with Crippen molar-refractivity contribution in [2.45, 2.75) is 26.0 Å². The van der Waals surface area contributed by atoms with E-state index in [1.807, 2.05) is 12.1 Å². The van der Waals surface area contributed by atoms with E-state index >= 15 is 0 Å². The Morgan fingerprint density at radius 1 is 1.19 bits per heavy atom. The molecule has 1 aliphatic rings. The molecule has 1 saturated heterocycles. The molecule has 0 spiro atoms. The first-order valence-corrected chi connectivity index (χ1v) is 10.8. The average molecular weight is 440 g/mol. The molecule has 4 rings (SSSR count). The Balaban J connectivity index is 1.41. The minimum atomic E-state index is -0.179. The van der Waals surface area contributed by atoms with Crippen molar-refractivity contribution < 1.29 is 4.74 Å². The van der Waals surface area contributed by atoms with Gasteiger partial charge in [-0.1, -0.05) is 18.5 Å². The normalized spacial score (nSPS) is 16.1. The molecule has 0 saturated carbocycles. The molecule has 1 aliphatic heterocycles. The quantitative estimate of drug-likeness (QED) is 0.562. The molecular weight excluding hydrogens is 414 g/mol.